The van der Waals surface area contributed by atoms with Crippen molar-refractivity contribution in [1.82, 2.24) is 9.88 Å². The Bertz CT molecular complexity index is 894. The van der Waals surface area contributed by atoms with Crippen LogP contribution in [0.3, 0.4) is 0 Å². The molecular formula is C24H30F2N2O3. The summed E-state index contributed by atoms with van der Waals surface area (Å²) in [6.45, 7) is 6.51. The smallest absolute Gasteiger partial charge is 0.335 e. The average molecular weight is 433 g/mol. The first-order valence-corrected chi connectivity index (χ1v) is 10.9. The van der Waals surface area contributed by atoms with Gasteiger partial charge < -0.3 is 14.7 Å². The first kappa shape index (κ1) is 23.1. The van der Waals surface area contributed by atoms with Crippen molar-refractivity contribution in [3.05, 3.63) is 47.8 Å². The number of carboxylic acid groups (broad SMARTS) is 1. The molecule has 0 bridgehead atoms. The number of aromatic carboxylic acids is 1. The SMILES string of the molecule is CCC(F)(CC)CN1CCC(COc2cccc(-c3ccc(C(=O)O)cc3F)n2)CC1. The van der Waals surface area contributed by atoms with Crippen LogP contribution >= 0.6 is 0 Å². The van der Waals surface area contributed by atoms with Gasteiger partial charge in [-0.2, -0.15) is 0 Å². The fourth-order valence-corrected chi connectivity index (χ4v) is 3.89. The number of piperidine rings is 1. The van der Waals surface area contributed by atoms with Crippen LogP contribution in [0.1, 0.15) is 49.9 Å². The predicted octanol–water partition coefficient (Wildman–Crippen LogP) is 5.21. The molecular weight excluding hydrogens is 402 g/mol. The fraction of sp³-hybridized carbons (Fsp3) is 0.500. The van der Waals surface area contributed by atoms with Crippen LogP contribution in [0.5, 0.6) is 5.88 Å². The molecule has 0 aliphatic carbocycles. The molecule has 7 heteroatoms. The Kier molecular flexibility index (Phi) is 7.59. The van der Waals surface area contributed by atoms with Gasteiger partial charge in [-0.1, -0.05) is 19.9 Å². The number of benzene rings is 1. The molecule has 1 N–H and O–H groups in total. The van der Waals surface area contributed by atoms with Gasteiger partial charge in [0.15, 0.2) is 0 Å². The van der Waals surface area contributed by atoms with E-state index in [-0.39, 0.29) is 11.1 Å². The van der Waals surface area contributed by atoms with Gasteiger partial charge in [0.25, 0.3) is 0 Å². The van der Waals surface area contributed by atoms with E-state index in [9.17, 15) is 13.6 Å². The van der Waals surface area contributed by atoms with Crippen LogP contribution < -0.4 is 4.74 Å². The molecule has 31 heavy (non-hydrogen) atoms. The number of pyridine rings is 1. The third-order valence-electron chi connectivity index (χ3n) is 6.16. The number of carboxylic acids is 1. The normalized spacial score (nSPS) is 15.7. The number of aromatic nitrogens is 1. The van der Waals surface area contributed by atoms with E-state index < -0.39 is 17.5 Å². The zero-order valence-corrected chi connectivity index (χ0v) is 18.1. The van der Waals surface area contributed by atoms with Crippen molar-refractivity contribution >= 4 is 5.97 Å². The van der Waals surface area contributed by atoms with E-state index in [0.29, 0.717) is 43.5 Å². The number of hydrogen-bond donors (Lipinski definition) is 1. The minimum Gasteiger partial charge on any atom is -0.478 e. The fourth-order valence-electron chi connectivity index (χ4n) is 3.89. The number of ether oxygens (including phenoxy) is 1. The van der Waals surface area contributed by atoms with Crippen LogP contribution in [-0.2, 0) is 0 Å². The number of alkyl halides is 1. The van der Waals surface area contributed by atoms with E-state index in [4.69, 9.17) is 9.84 Å². The third kappa shape index (κ3) is 6.00. The number of halogens is 2. The first-order chi connectivity index (χ1) is 14.8. The second kappa shape index (κ2) is 10.2. The zero-order valence-electron chi connectivity index (χ0n) is 18.1. The molecule has 168 valence electrons. The summed E-state index contributed by atoms with van der Waals surface area (Å²) in [5.74, 6) is -1.05. The van der Waals surface area contributed by atoms with Crippen molar-refractivity contribution in [2.75, 3.05) is 26.2 Å². The van der Waals surface area contributed by atoms with Crippen molar-refractivity contribution in [3.63, 3.8) is 0 Å². The highest BCUT2D eigenvalue weighted by molar-refractivity contribution is 5.88. The van der Waals surface area contributed by atoms with Gasteiger partial charge in [0.1, 0.15) is 11.5 Å². The summed E-state index contributed by atoms with van der Waals surface area (Å²) in [4.78, 5) is 17.6. The topological polar surface area (TPSA) is 62.7 Å². The molecule has 2 heterocycles. The monoisotopic (exact) mass is 432 g/mol. The number of hydrogen-bond acceptors (Lipinski definition) is 4. The minimum atomic E-state index is -1.18. The van der Waals surface area contributed by atoms with E-state index in [0.717, 1.165) is 32.0 Å². The summed E-state index contributed by atoms with van der Waals surface area (Å²) in [6.07, 6.45) is 2.95. The lowest BCUT2D eigenvalue weighted by atomic mass is 9.94. The van der Waals surface area contributed by atoms with Gasteiger partial charge >= 0.3 is 5.97 Å². The van der Waals surface area contributed by atoms with Crippen LogP contribution in [0, 0.1) is 11.7 Å². The van der Waals surface area contributed by atoms with Crippen LogP contribution in [0.25, 0.3) is 11.3 Å². The maximum Gasteiger partial charge on any atom is 0.335 e. The molecule has 1 aromatic heterocycles. The van der Waals surface area contributed by atoms with E-state index in [1.807, 2.05) is 13.8 Å². The molecule has 0 amide bonds. The zero-order chi connectivity index (χ0) is 22.4. The van der Waals surface area contributed by atoms with Gasteiger partial charge in [0.05, 0.1) is 17.9 Å². The highest BCUT2D eigenvalue weighted by Gasteiger charge is 2.30. The Balaban J connectivity index is 1.55. The van der Waals surface area contributed by atoms with Gasteiger partial charge in [-0.15, -0.1) is 0 Å². The summed E-state index contributed by atoms with van der Waals surface area (Å²) in [7, 11) is 0. The standard InChI is InChI=1S/C24H30F2N2O3/c1-3-24(26,4-2)16-28-12-10-17(11-13-28)15-31-22-7-5-6-21(27-22)19-9-8-18(23(29)30)14-20(19)25/h5-9,14,17H,3-4,10-13,15-16H2,1-2H3,(H,29,30). The third-order valence-corrected chi connectivity index (χ3v) is 6.16. The van der Waals surface area contributed by atoms with Gasteiger partial charge in [-0.05, 0) is 69.0 Å². The predicted molar refractivity (Wildman–Crippen MR) is 116 cm³/mol. The largest absolute Gasteiger partial charge is 0.478 e. The minimum absolute atomic E-state index is 0.108. The highest BCUT2D eigenvalue weighted by atomic mass is 19.1. The Morgan fingerprint density at radius 1 is 1.23 bits per heavy atom. The summed E-state index contributed by atoms with van der Waals surface area (Å²) >= 11 is 0. The highest BCUT2D eigenvalue weighted by Crippen LogP contribution is 2.27. The molecule has 0 atom stereocenters. The molecule has 5 nitrogen and oxygen atoms in total. The number of likely N-dealkylation sites (tertiary alicyclic amines) is 1. The van der Waals surface area contributed by atoms with Crippen molar-refractivity contribution in [1.29, 1.82) is 0 Å². The quantitative estimate of drug-likeness (QED) is 0.590. The Labute approximate surface area is 182 Å². The van der Waals surface area contributed by atoms with E-state index in [1.165, 1.54) is 12.1 Å². The molecule has 1 aromatic carbocycles. The summed E-state index contributed by atoms with van der Waals surface area (Å²) in [5, 5.41) is 8.98. The Morgan fingerprint density at radius 2 is 1.94 bits per heavy atom. The summed E-state index contributed by atoms with van der Waals surface area (Å²) in [5.41, 5.74) is -0.598. The van der Waals surface area contributed by atoms with Crippen molar-refractivity contribution in [3.8, 4) is 17.1 Å². The van der Waals surface area contributed by atoms with Gasteiger partial charge in [-0.3, -0.25) is 0 Å². The van der Waals surface area contributed by atoms with E-state index in [2.05, 4.69) is 9.88 Å². The summed E-state index contributed by atoms with van der Waals surface area (Å²) in [6, 6.07) is 8.88. The van der Waals surface area contributed by atoms with Crippen LogP contribution in [-0.4, -0.2) is 52.9 Å². The lowest BCUT2D eigenvalue weighted by Crippen LogP contribution is -2.44. The molecule has 1 saturated heterocycles. The lowest BCUT2D eigenvalue weighted by molar-refractivity contribution is 0.0565. The van der Waals surface area contributed by atoms with Crippen molar-refractivity contribution in [2.24, 2.45) is 5.92 Å². The van der Waals surface area contributed by atoms with E-state index in [1.54, 1.807) is 18.2 Å². The molecule has 0 spiro atoms. The molecule has 0 saturated carbocycles. The lowest BCUT2D eigenvalue weighted by Gasteiger charge is -2.36. The molecule has 1 aliphatic rings. The number of nitrogens with zero attached hydrogens (tertiary/aromatic N) is 2. The summed E-state index contributed by atoms with van der Waals surface area (Å²) < 4.78 is 34.8. The second-order valence-corrected chi connectivity index (χ2v) is 8.25. The maximum atomic E-state index is 14.6. The maximum absolute atomic E-state index is 14.6. The van der Waals surface area contributed by atoms with Gasteiger partial charge in [0.2, 0.25) is 5.88 Å². The first-order valence-electron chi connectivity index (χ1n) is 10.9. The molecule has 0 radical (unpaired) electrons. The van der Waals surface area contributed by atoms with Crippen molar-refractivity contribution in [2.45, 2.75) is 45.2 Å². The number of carbonyl (C=O) groups is 1. The van der Waals surface area contributed by atoms with Gasteiger partial charge in [-0.25, -0.2) is 18.6 Å². The van der Waals surface area contributed by atoms with Crippen LogP contribution in [0.15, 0.2) is 36.4 Å². The molecule has 1 fully saturated rings. The second-order valence-electron chi connectivity index (χ2n) is 8.25. The van der Waals surface area contributed by atoms with Crippen LogP contribution in [0.2, 0.25) is 0 Å². The molecule has 2 aromatic rings. The Hall–Kier alpha value is -2.54. The van der Waals surface area contributed by atoms with Crippen molar-refractivity contribution < 1.29 is 23.4 Å². The average Bonchev–Trinajstić information content (AvgIpc) is 2.78. The van der Waals surface area contributed by atoms with Gasteiger partial charge in [0, 0.05) is 18.2 Å². The van der Waals surface area contributed by atoms with E-state index >= 15 is 0 Å². The molecule has 1 aliphatic heterocycles. The number of rotatable bonds is 9. The van der Waals surface area contributed by atoms with Crippen LogP contribution in [0.4, 0.5) is 8.78 Å². The molecule has 0 unspecified atom stereocenters. The Morgan fingerprint density at radius 3 is 2.55 bits per heavy atom. The molecule has 3 rings (SSSR count).